The molecule has 5 nitrogen and oxygen atoms in total. The molecule has 0 aliphatic heterocycles. The minimum Gasteiger partial charge on any atom is -0.487 e. The lowest BCUT2D eigenvalue weighted by Gasteiger charge is -2.14. The molecule has 0 aliphatic carbocycles. The van der Waals surface area contributed by atoms with Gasteiger partial charge in [0, 0.05) is 23.6 Å². The van der Waals surface area contributed by atoms with Crippen molar-refractivity contribution < 1.29 is 21.9 Å². The second kappa shape index (κ2) is 6.91. The van der Waals surface area contributed by atoms with Gasteiger partial charge in [0.2, 0.25) is 10.0 Å². The summed E-state index contributed by atoms with van der Waals surface area (Å²) in [5, 5.41) is 0. The van der Waals surface area contributed by atoms with E-state index < -0.39 is 23.1 Å². The van der Waals surface area contributed by atoms with Crippen LogP contribution >= 0.6 is 0 Å². The molecular formula is C15H16F2N2O3S. The lowest BCUT2D eigenvalue weighted by atomic mass is 10.0. The maximum Gasteiger partial charge on any atom is 0.272 e. The fourth-order valence-electron chi connectivity index (χ4n) is 2.11. The summed E-state index contributed by atoms with van der Waals surface area (Å²) in [7, 11) is -3.37. The number of aryl methyl sites for hydroxylation is 1. The number of hydrogen-bond donors (Lipinski definition) is 1. The first kappa shape index (κ1) is 17.1. The maximum atomic E-state index is 12.3. The fraction of sp³-hybridized carbons (Fsp3) is 0.267. The van der Waals surface area contributed by atoms with E-state index in [0.717, 1.165) is 17.4 Å². The highest BCUT2D eigenvalue weighted by Gasteiger charge is 2.12. The van der Waals surface area contributed by atoms with E-state index in [9.17, 15) is 17.2 Å². The number of anilines is 1. The lowest BCUT2D eigenvalue weighted by molar-refractivity contribution is 0.0821. The Hall–Kier alpha value is -2.22. The number of ether oxygens (including phenoxy) is 1. The van der Waals surface area contributed by atoms with Crippen molar-refractivity contribution in [2.45, 2.75) is 13.3 Å². The summed E-state index contributed by atoms with van der Waals surface area (Å²) >= 11 is 0. The van der Waals surface area contributed by atoms with Crippen molar-refractivity contribution >= 4 is 15.7 Å². The molecule has 0 saturated heterocycles. The molecule has 0 aliphatic rings. The van der Waals surface area contributed by atoms with E-state index >= 15 is 0 Å². The van der Waals surface area contributed by atoms with Crippen molar-refractivity contribution in [3.63, 3.8) is 0 Å². The van der Waals surface area contributed by atoms with Gasteiger partial charge in [-0.3, -0.25) is 9.71 Å². The van der Waals surface area contributed by atoms with Gasteiger partial charge in [-0.1, -0.05) is 6.07 Å². The topological polar surface area (TPSA) is 68.3 Å². The Morgan fingerprint density at radius 1 is 1.26 bits per heavy atom. The Morgan fingerprint density at radius 2 is 2.00 bits per heavy atom. The number of nitrogens with zero attached hydrogens (tertiary/aromatic N) is 1. The van der Waals surface area contributed by atoms with E-state index in [0.29, 0.717) is 17.0 Å². The number of halogens is 2. The standard InChI is InChI=1S/C15H16F2N2O3S/c1-10-7-11(19-23(2,20)21)3-4-12(10)13-8-18-6-5-14(13)22-9-15(16)17/h3-8,15,19H,9H2,1-2H3. The summed E-state index contributed by atoms with van der Waals surface area (Å²) < 4.78 is 54.7. The number of rotatable bonds is 6. The quantitative estimate of drug-likeness (QED) is 0.876. The van der Waals surface area contributed by atoms with Crippen LogP contribution in [0.2, 0.25) is 0 Å². The van der Waals surface area contributed by atoms with Crippen LogP contribution in [0.4, 0.5) is 14.5 Å². The number of benzene rings is 1. The zero-order chi connectivity index (χ0) is 17.0. The van der Waals surface area contributed by atoms with Crippen molar-refractivity contribution in [1.82, 2.24) is 4.98 Å². The molecule has 2 aromatic rings. The molecule has 0 unspecified atom stereocenters. The minimum atomic E-state index is -3.37. The number of sulfonamides is 1. The third-order valence-electron chi connectivity index (χ3n) is 2.97. The third-order valence-corrected chi connectivity index (χ3v) is 3.57. The normalized spacial score (nSPS) is 11.5. The van der Waals surface area contributed by atoms with Crippen molar-refractivity contribution in [2.75, 3.05) is 17.6 Å². The highest BCUT2D eigenvalue weighted by atomic mass is 32.2. The molecular weight excluding hydrogens is 326 g/mol. The van der Waals surface area contributed by atoms with Crippen molar-refractivity contribution in [3.8, 4) is 16.9 Å². The van der Waals surface area contributed by atoms with Gasteiger partial charge in [0.15, 0.2) is 0 Å². The Balaban J connectivity index is 2.35. The summed E-state index contributed by atoms with van der Waals surface area (Å²) in [5.41, 5.74) is 2.47. The van der Waals surface area contributed by atoms with Crippen LogP contribution in [0.3, 0.4) is 0 Å². The van der Waals surface area contributed by atoms with Crippen LogP contribution in [0, 0.1) is 6.92 Å². The fourth-order valence-corrected chi connectivity index (χ4v) is 2.66. The largest absolute Gasteiger partial charge is 0.487 e. The van der Waals surface area contributed by atoms with Crippen LogP contribution in [0.15, 0.2) is 36.7 Å². The highest BCUT2D eigenvalue weighted by Crippen LogP contribution is 2.33. The number of nitrogens with one attached hydrogen (secondary N) is 1. The molecule has 1 aromatic heterocycles. The van der Waals surface area contributed by atoms with Crippen molar-refractivity contribution in [2.24, 2.45) is 0 Å². The number of pyridine rings is 1. The molecule has 0 radical (unpaired) electrons. The van der Waals surface area contributed by atoms with Gasteiger partial charge >= 0.3 is 0 Å². The lowest BCUT2D eigenvalue weighted by Crippen LogP contribution is -2.10. The first-order valence-corrected chi connectivity index (χ1v) is 8.59. The second-order valence-corrected chi connectivity index (χ2v) is 6.73. The third kappa shape index (κ3) is 4.88. The zero-order valence-corrected chi connectivity index (χ0v) is 13.4. The highest BCUT2D eigenvalue weighted by molar-refractivity contribution is 7.92. The molecule has 1 heterocycles. The van der Waals surface area contributed by atoms with E-state index in [1.165, 1.54) is 18.5 Å². The van der Waals surface area contributed by atoms with Gasteiger partial charge in [0.05, 0.1) is 6.26 Å². The number of hydrogen-bond acceptors (Lipinski definition) is 4. The van der Waals surface area contributed by atoms with Crippen LogP contribution in [0.1, 0.15) is 5.56 Å². The van der Waals surface area contributed by atoms with Crippen LogP contribution < -0.4 is 9.46 Å². The van der Waals surface area contributed by atoms with Gasteiger partial charge in [-0.15, -0.1) is 0 Å². The Kier molecular flexibility index (Phi) is 5.15. The molecule has 124 valence electrons. The summed E-state index contributed by atoms with van der Waals surface area (Å²) in [6.45, 7) is 1.08. The number of aromatic nitrogens is 1. The maximum absolute atomic E-state index is 12.3. The van der Waals surface area contributed by atoms with E-state index in [4.69, 9.17) is 4.74 Å². The zero-order valence-electron chi connectivity index (χ0n) is 12.6. The average Bonchev–Trinajstić information content (AvgIpc) is 2.44. The summed E-state index contributed by atoms with van der Waals surface area (Å²) in [5.74, 6) is 0.298. The Morgan fingerprint density at radius 3 is 2.61 bits per heavy atom. The van der Waals surface area contributed by atoms with Crippen LogP contribution in [-0.4, -0.2) is 32.7 Å². The van der Waals surface area contributed by atoms with E-state index in [1.807, 2.05) is 0 Å². The molecule has 0 amide bonds. The van der Waals surface area contributed by atoms with Gasteiger partial charge in [-0.05, 0) is 36.2 Å². The van der Waals surface area contributed by atoms with E-state index in [1.54, 1.807) is 25.1 Å². The van der Waals surface area contributed by atoms with Crippen molar-refractivity contribution in [3.05, 3.63) is 42.2 Å². The first-order chi connectivity index (χ1) is 10.8. The predicted molar refractivity (Wildman–Crippen MR) is 84.4 cm³/mol. The van der Waals surface area contributed by atoms with Gasteiger partial charge in [-0.2, -0.15) is 0 Å². The van der Waals surface area contributed by atoms with Crippen LogP contribution in [0.5, 0.6) is 5.75 Å². The van der Waals surface area contributed by atoms with Gasteiger partial charge in [-0.25, -0.2) is 17.2 Å². The van der Waals surface area contributed by atoms with Crippen molar-refractivity contribution in [1.29, 1.82) is 0 Å². The average molecular weight is 342 g/mol. The predicted octanol–water partition coefficient (Wildman–Crippen LogP) is 3.07. The van der Waals surface area contributed by atoms with Gasteiger partial charge in [0.25, 0.3) is 6.43 Å². The molecule has 0 spiro atoms. The summed E-state index contributed by atoms with van der Waals surface area (Å²) in [6, 6.07) is 6.45. The minimum absolute atomic E-state index is 0.298. The monoisotopic (exact) mass is 342 g/mol. The number of alkyl halides is 2. The summed E-state index contributed by atoms with van der Waals surface area (Å²) in [6.07, 6.45) is 1.47. The first-order valence-electron chi connectivity index (χ1n) is 6.70. The molecule has 8 heteroatoms. The van der Waals surface area contributed by atoms with Crippen LogP contribution in [0.25, 0.3) is 11.1 Å². The Bertz CT molecular complexity index is 795. The molecule has 0 saturated carbocycles. The van der Waals surface area contributed by atoms with E-state index in [-0.39, 0.29) is 0 Å². The Labute approximate surface area is 133 Å². The molecule has 0 atom stereocenters. The van der Waals surface area contributed by atoms with Gasteiger partial charge < -0.3 is 4.74 Å². The smallest absolute Gasteiger partial charge is 0.272 e. The molecule has 1 aromatic carbocycles. The second-order valence-electron chi connectivity index (χ2n) is 4.98. The molecule has 1 N–H and O–H groups in total. The van der Waals surface area contributed by atoms with E-state index in [2.05, 4.69) is 9.71 Å². The van der Waals surface area contributed by atoms with Crippen LogP contribution in [-0.2, 0) is 10.0 Å². The molecule has 0 fully saturated rings. The summed E-state index contributed by atoms with van der Waals surface area (Å²) in [4.78, 5) is 3.99. The molecule has 0 bridgehead atoms. The SMILES string of the molecule is Cc1cc(NS(C)(=O)=O)ccc1-c1cnccc1OCC(F)F. The molecule has 2 rings (SSSR count). The molecule has 23 heavy (non-hydrogen) atoms. The van der Waals surface area contributed by atoms with Gasteiger partial charge in [0.1, 0.15) is 12.4 Å².